The van der Waals surface area contributed by atoms with E-state index in [1.165, 1.54) is 64.3 Å². The summed E-state index contributed by atoms with van der Waals surface area (Å²) >= 11 is 1.90. The maximum absolute atomic E-state index is 9.81. The van der Waals surface area contributed by atoms with Crippen LogP contribution in [0.25, 0.3) is 10.1 Å². The SMILES string of the molecule is [2H]c1c([2H])c([2H])c(N(c2cc3c4c(c2)N2c5ccc6c(c5)C(C)(CCC6(C)C)CC5(C)CCC(C)(C)c6cc7sc(c2c7cc65)B4c2cc4c(cc2N3c2ccc3c(c2)C(C)(C)CCC3(C)C)C(C)(C)CCC4(C)C)c2c([2H])c([2H])c([2H])c([2H])c2[2H])c([2H])c1[2H]. The van der Waals surface area contributed by atoms with E-state index in [9.17, 15) is 11.0 Å². The molecule has 0 amide bonds. The summed E-state index contributed by atoms with van der Waals surface area (Å²) in [7, 11) is 0. The highest BCUT2D eigenvalue weighted by molar-refractivity contribution is 7.33. The van der Waals surface area contributed by atoms with Crippen molar-refractivity contribution < 1.29 is 13.7 Å². The van der Waals surface area contributed by atoms with Crippen LogP contribution in [0.2, 0.25) is 0 Å². The maximum atomic E-state index is 9.81. The van der Waals surface area contributed by atoms with E-state index >= 15 is 0 Å². The molecular weight excluding hydrogens is 986 g/mol. The maximum Gasteiger partial charge on any atom is 0.264 e. The van der Waals surface area contributed by atoms with Gasteiger partial charge in [-0.1, -0.05) is 151 Å². The van der Waals surface area contributed by atoms with Crippen molar-refractivity contribution in [3.8, 4) is 0 Å². The molecule has 3 nitrogen and oxygen atoms in total. The van der Waals surface area contributed by atoms with Crippen molar-refractivity contribution in [1.82, 2.24) is 0 Å². The van der Waals surface area contributed by atoms with Crippen LogP contribution in [0.15, 0.2) is 133 Å². The van der Waals surface area contributed by atoms with Crippen molar-refractivity contribution in [2.45, 2.75) is 198 Å². The Balaban J connectivity index is 1.17. The second-order valence-corrected chi connectivity index (χ2v) is 31.1. The van der Waals surface area contributed by atoms with E-state index in [2.05, 4.69) is 167 Å². The van der Waals surface area contributed by atoms with Gasteiger partial charge in [0.15, 0.2) is 0 Å². The van der Waals surface area contributed by atoms with Gasteiger partial charge < -0.3 is 14.7 Å². The number of nitrogens with zero attached hydrogens (tertiary/aromatic N) is 3. The molecule has 4 bridgehead atoms. The molecule has 4 heterocycles. The second kappa shape index (κ2) is 16.4. The monoisotopic (exact) mass is 1080 g/mol. The molecule has 7 aliphatic rings. The molecule has 0 fully saturated rings. The molecule has 4 aliphatic carbocycles. The summed E-state index contributed by atoms with van der Waals surface area (Å²) in [6, 6.07) is 22.6. The van der Waals surface area contributed by atoms with Crippen molar-refractivity contribution in [2.24, 2.45) is 0 Å². The van der Waals surface area contributed by atoms with Crippen molar-refractivity contribution >= 4 is 95.0 Å². The number of para-hydroxylation sites is 2. The van der Waals surface area contributed by atoms with Gasteiger partial charge >= 0.3 is 0 Å². The fourth-order valence-electron chi connectivity index (χ4n) is 16.8. The zero-order chi connectivity index (χ0) is 64.3. The van der Waals surface area contributed by atoms with Crippen molar-refractivity contribution in [3.63, 3.8) is 0 Å². The summed E-state index contributed by atoms with van der Waals surface area (Å²) in [6.45, 7) is 33.4. The first-order valence-electron chi connectivity index (χ1n) is 34.8. The molecule has 0 radical (unpaired) electrons. The number of hydrogen-bond acceptors (Lipinski definition) is 4. The summed E-state index contributed by atoms with van der Waals surface area (Å²) in [6.07, 6.45) is 9.27. The van der Waals surface area contributed by atoms with Gasteiger partial charge in [0.25, 0.3) is 6.71 Å². The zero-order valence-corrected chi connectivity index (χ0v) is 50.4. The van der Waals surface area contributed by atoms with Crippen LogP contribution in [-0.2, 0) is 43.3 Å². The molecular formula is C75H82BN3S. The second-order valence-electron chi connectivity index (χ2n) is 30.0. The van der Waals surface area contributed by atoms with Crippen LogP contribution in [0, 0.1) is 0 Å². The van der Waals surface area contributed by atoms with Gasteiger partial charge in [-0.25, -0.2) is 0 Å². The zero-order valence-electron chi connectivity index (χ0n) is 59.6. The van der Waals surface area contributed by atoms with Crippen LogP contribution in [0.1, 0.15) is 213 Å². The molecule has 3 aliphatic heterocycles. The van der Waals surface area contributed by atoms with E-state index in [0.29, 0.717) is 0 Å². The summed E-state index contributed by atoms with van der Waals surface area (Å²) in [4.78, 5) is 6.28. The minimum absolute atomic E-state index is 0.0814. The lowest BCUT2D eigenvalue weighted by atomic mass is 9.35. The van der Waals surface area contributed by atoms with Crippen LogP contribution in [0.3, 0.4) is 0 Å². The smallest absolute Gasteiger partial charge is 0.264 e. The third kappa shape index (κ3) is 7.10. The fraction of sp³-hybridized carbons (Fsp3) is 0.413. The molecule has 5 heteroatoms. The molecule has 1 aromatic heterocycles. The number of hydrogen-bond donors (Lipinski definition) is 0. The molecule has 0 saturated heterocycles. The first-order valence-corrected chi connectivity index (χ1v) is 30.6. The van der Waals surface area contributed by atoms with Crippen LogP contribution in [0.4, 0.5) is 51.2 Å². The Hall–Kier alpha value is -6.04. The summed E-state index contributed by atoms with van der Waals surface area (Å²) in [5.41, 5.74) is 17.1. The van der Waals surface area contributed by atoms with E-state index in [1.54, 1.807) is 0 Å². The van der Waals surface area contributed by atoms with Gasteiger partial charge in [0, 0.05) is 54.7 Å². The van der Waals surface area contributed by atoms with Crippen LogP contribution >= 0.6 is 11.3 Å². The van der Waals surface area contributed by atoms with Crippen molar-refractivity contribution in [3.05, 3.63) is 178 Å². The summed E-state index contributed by atoms with van der Waals surface area (Å²) in [5, 5.41) is 1.16. The standard InChI is InChI=1S/C75H82BN3S/c1-68(2)29-30-70(5,6)54-37-48(25-27-52(54)68)78-61-43-56-55(71(7,8)31-32-72(56,9)10)42-60(61)76-65-62(78)39-50(77(46-21-17-15-18-22-46)47-23-19-16-20-24-47)40-63(65)79-49-26-28-53-58(38-49)74(13,35-33-69(53,3)4)45-75(14)36-34-73(11,12)57-44-64-51(41-59(57)75)66(79)67(76)80-64/h15-28,37-44H,29-36,45H2,1-14H3/i15D,16D,17D,18D,19D,20D,21D,22D,23D,24D. The molecule has 2 atom stereocenters. The van der Waals surface area contributed by atoms with E-state index in [0.717, 1.165) is 103 Å². The molecule has 0 N–H and O–H groups in total. The lowest BCUT2D eigenvalue weighted by Crippen LogP contribution is -2.61. The Morgan fingerprint density at radius 1 is 0.425 bits per heavy atom. The lowest BCUT2D eigenvalue weighted by Gasteiger charge is -2.51. The van der Waals surface area contributed by atoms with Crippen molar-refractivity contribution in [1.29, 1.82) is 0 Å². The number of rotatable bonds is 4. The highest BCUT2D eigenvalue weighted by atomic mass is 32.1. The number of thiophene rings is 1. The molecule has 8 aromatic rings. The molecule has 406 valence electrons. The Morgan fingerprint density at radius 3 is 1.43 bits per heavy atom. The highest BCUT2D eigenvalue weighted by Gasteiger charge is 2.52. The van der Waals surface area contributed by atoms with Crippen LogP contribution < -0.4 is 30.4 Å². The number of benzene rings is 7. The lowest BCUT2D eigenvalue weighted by molar-refractivity contribution is 0.208. The third-order valence-electron chi connectivity index (χ3n) is 21.9. The predicted octanol–water partition coefficient (Wildman–Crippen LogP) is 19.2. The Morgan fingerprint density at radius 2 is 0.863 bits per heavy atom. The molecule has 0 saturated carbocycles. The van der Waals surface area contributed by atoms with Gasteiger partial charge in [0.05, 0.1) is 25.1 Å². The minimum atomic E-state index is -0.603. The largest absolute Gasteiger partial charge is 0.311 e. The van der Waals surface area contributed by atoms with Gasteiger partial charge in [-0.3, -0.25) is 0 Å². The Kier molecular flexibility index (Phi) is 8.39. The third-order valence-corrected chi connectivity index (χ3v) is 23.1. The van der Waals surface area contributed by atoms with Crippen LogP contribution in [0.5, 0.6) is 0 Å². The van der Waals surface area contributed by atoms with Crippen LogP contribution in [-0.4, -0.2) is 6.71 Å². The topological polar surface area (TPSA) is 9.72 Å². The quantitative estimate of drug-likeness (QED) is 0.163. The average molecular weight is 1080 g/mol. The highest BCUT2D eigenvalue weighted by Crippen LogP contribution is 2.61. The normalized spacial score (nSPS) is 25.8. The van der Waals surface area contributed by atoms with E-state index in [4.69, 9.17) is 2.74 Å². The molecule has 80 heavy (non-hydrogen) atoms. The van der Waals surface area contributed by atoms with Crippen molar-refractivity contribution in [2.75, 3.05) is 14.7 Å². The summed E-state index contributed by atoms with van der Waals surface area (Å²) in [5.74, 6) is 0. The van der Waals surface area contributed by atoms with Gasteiger partial charge in [-0.05, 0) is 235 Å². The minimum Gasteiger partial charge on any atom is -0.311 e. The Bertz CT molecular complexity index is 4450. The number of fused-ring (bicyclic) bond motifs is 8. The molecule has 0 spiro atoms. The number of anilines is 9. The van der Waals surface area contributed by atoms with E-state index in [-0.39, 0.29) is 67.1 Å². The summed E-state index contributed by atoms with van der Waals surface area (Å²) < 4.78 is 96.3. The predicted molar refractivity (Wildman–Crippen MR) is 345 cm³/mol. The molecule has 7 aromatic carbocycles. The van der Waals surface area contributed by atoms with Gasteiger partial charge in [-0.2, -0.15) is 0 Å². The van der Waals surface area contributed by atoms with Gasteiger partial charge in [0.1, 0.15) is 0 Å². The molecule has 15 rings (SSSR count). The molecule has 2 unspecified atom stereocenters. The average Bonchev–Trinajstić information content (AvgIpc) is 1.26. The Labute approximate surface area is 497 Å². The van der Waals surface area contributed by atoms with Gasteiger partial charge in [0.2, 0.25) is 0 Å². The first kappa shape index (κ1) is 41.0. The van der Waals surface area contributed by atoms with E-state index in [1.807, 2.05) is 23.5 Å². The van der Waals surface area contributed by atoms with E-state index < -0.39 is 60.4 Å². The first-order chi connectivity index (χ1) is 41.9. The van der Waals surface area contributed by atoms with Gasteiger partial charge in [-0.15, -0.1) is 11.3 Å². The fourth-order valence-corrected chi connectivity index (χ4v) is 18.1.